The molecule has 6 heteroatoms. The molecule has 2 aromatic rings. The van der Waals surface area contributed by atoms with Crippen LogP contribution in [0.25, 0.3) is 0 Å². The van der Waals surface area contributed by atoms with Gasteiger partial charge in [0.2, 0.25) is 0 Å². The Bertz CT molecular complexity index is 625. The smallest absolute Gasteiger partial charge is 0.265 e. The molecule has 1 aromatic carbocycles. The first kappa shape index (κ1) is 14.3. The van der Waals surface area contributed by atoms with E-state index in [1.54, 1.807) is 26.0 Å². The SMILES string of the molecule is COc1cccc(CN(C)C(=O)c2sc(N)nc2C)c1. The van der Waals surface area contributed by atoms with Gasteiger partial charge >= 0.3 is 0 Å². The van der Waals surface area contributed by atoms with E-state index in [4.69, 9.17) is 10.5 Å². The van der Waals surface area contributed by atoms with Gasteiger partial charge in [-0.15, -0.1) is 0 Å². The molecule has 1 heterocycles. The van der Waals surface area contributed by atoms with E-state index in [2.05, 4.69) is 4.98 Å². The zero-order chi connectivity index (χ0) is 14.7. The molecule has 0 radical (unpaired) electrons. The van der Waals surface area contributed by atoms with E-state index >= 15 is 0 Å². The fourth-order valence-electron chi connectivity index (χ4n) is 1.91. The maximum absolute atomic E-state index is 12.3. The van der Waals surface area contributed by atoms with Crippen molar-refractivity contribution in [2.45, 2.75) is 13.5 Å². The second kappa shape index (κ2) is 5.92. The maximum atomic E-state index is 12.3. The minimum Gasteiger partial charge on any atom is -0.497 e. The summed E-state index contributed by atoms with van der Waals surface area (Å²) in [5, 5.41) is 0.417. The molecule has 0 fully saturated rings. The van der Waals surface area contributed by atoms with Crippen molar-refractivity contribution >= 4 is 22.4 Å². The molecule has 1 aromatic heterocycles. The predicted molar refractivity (Wildman–Crippen MR) is 80.1 cm³/mol. The van der Waals surface area contributed by atoms with Gasteiger partial charge in [-0.05, 0) is 24.6 Å². The lowest BCUT2D eigenvalue weighted by Gasteiger charge is -2.17. The molecule has 5 nitrogen and oxygen atoms in total. The molecule has 2 rings (SSSR count). The van der Waals surface area contributed by atoms with E-state index in [-0.39, 0.29) is 5.91 Å². The molecule has 106 valence electrons. The average Bonchev–Trinajstić information content (AvgIpc) is 2.77. The highest BCUT2D eigenvalue weighted by molar-refractivity contribution is 7.17. The zero-order valence-electron chi connectivity index (χ0n) is 11.7. The summed E-state index contributed by atoms with van der Waals surface area (Å²) in [6.07, 6.45) is 0. The summed E-state index contributed by atoms with van der Waals surface area (Å²) in [6, 6.07) is 7.65. The number of amides is 1. The average molecular weight is 291 g/mol. The number of ether oxygens (including phenoxy) is 1. The number of carbonyl (C=O) groups is 1. The second-order valence-electron chi connectivity index (χ2n) is 4.48. The maximum Gasteiger partial charge on any atom is 0.265 e. The van der Waals surface area contributed by atoms with Crippen LogP contribution in [-0.4, -0.2) is 29.9 Å². The third kappa shape index (κ3) is 3.08. The van der Waals surface area contributed by atoms with Crippen molar-refractivity contribution in [1.82, 2.24) is 9.88 Å². The van der Waals surface area contributed by atoms with Gasteiger partial charge < -0.3 is 15.4 Å². The highest BCUT2D eigenvalue weighted by Gasteiger charge is 2.18. The number of nitrogens with two attached hydrogens (primary N) is 1. The van der Waals surface area contributed by atoms with Crippen LogP contribution in [0.2, 0.25) is 0 Å². The Morgan fingerprint density at radius 1 is 1.50 bits per heavy atom. The number of hydrogen-bond acceptors (Lipinski definition) is 5. The summed E-state index contributed by atoms with van der Waals surface area (Å²) >= 11 is 1.22. The lowest BCUT2D eigenvalue weighted by molar-refractivity contribution is 0.0789. The summed E-state index contributed by atoms with van der Waals surface area (Å²) < 4.78 is 5.18. The van der Waals surface area contributed by atoms with Crippen LogP contribution in [0.3, 0.4) is 0 Å². The van der Waals surface area contributed by atoms with Crippen LogP contribution in [-0.2, 0) is 6.54 Å². The first-order chi connectivity index (χ1) is 9.51. The fourth-order valence-corrected chi connectivity index (χ4v) is 2.73. The van der Waals surface area contributed by atoms with Crippen LogP contribution in [0.5, 0.6) is 5.75 Å². The summed E-state index contributed by atoms with van der Waals surface area (Å²) in [4.78, 5) is 18.7. The van der Waals surface area contributed by atoms with Crippen molar-refractivity contribution in [1.29, 1.82) is 0 Å². The first-order valence-corrected chi connectivity index (χ1v) is 6.94. The number of nitrogen functional groups attached to an aromatic ring is 1. The van der Waals surface area contributed by atoms with Crippen LogP contribution >= 0.6 is 11.3 Å². The molecule has 0 bridgehead atoms. The van der Waals surface area contributed by atoms with E-state index < -0.39 is 0 Å². The van der Waals surface area contributed by atoms with Gasteiger partial charge in [0.15, 0.2) is 5.13 Å². The van der Waals surface area contributed by atoms with Gasteiger partial charge in [-0.1, -0.05) is 23.5 Å². The van der Waals surface area contributed by atoms with Crippen molar-refractivity contribution in [3.63, 3.8) is 0 Å². The fraction of sp³-hybridized carbons (Fsp3) is 0.286. The summed E-state index contributed by atoms with van der Waals surface area (Å²) in [5.41, 5.74) is 7.31. The minimum absolute atomic E-state index is 0.0699. The number of methoxy groups -OCH3 is 1. The number of anilines is 1. The number of aryl methyl sites for hydroxylation is 1. The lowest BCUT2D eigenvalue weighted by atomic mass is 10.2. The molecular formula is C14H17N3O2S. The van der Waals surface area contributed by atoms with E-state index in [9.17, 15) is 4.79 Å². The van der Waals surface area contributed by atoms with Gasteiger partial charge in [0.1, 0.15) is 10.6 Å². The highest BCUT2D eigenvalue weighted by atomic mass is 32.1. The molecule has 0 aliphatic heterocycles. The number of benzene rings is 1. The number of carbonyl (C=O) groups excluding carboxylic acids is 1. The number of hydrogen-bond donors (Lipinski definition) is 1. The zero-order valence-corrected chi connectivity index (χ0v) is 12.5. The van der Waals surface area contributed by atoms with Gasteiger partial charge in [0, 0.05) is 13.6 Å². The van der Waals surface area contributed by atoms with Crippen LogP contribution < -0.4 is 10.5 Å². The Hall–Kier alpha value is -2.08. The quantitative estimate of drug-likeness (QED) is 0.938. The van der Waals surface area contributed by atoms with Crippen molar-refractivity contribution in [3.8, 4) is 5.75 Å². The Kier molecular flexibility index (Phi) is 4.24. The Morgan fingerprint density at radius 2 is 2.25 bits per heavy atom. The number of nitrogens with zero attached hydrogens (tertiary/aromatic N) is 2. The van der Waals surface area contributed by atoms with Crippen LogP contribution in [0.4, 0.5) is 5.13 Å². The summed E-state index contributed by atoms with van der Waals surface area (Å²) in [7, 11) is 3.38. The lowest BCUT2D eigenvalue weighted by Crippen LogP contribution is -2.26. The largest absolute Gasteiger partial charge is 0.497 e. The standard InChI is InChI=1S/C14H17N3O2S/c1-9-12(20-14(15)16-9)13(18)17(2)8-10-5-4-6-11(7-10)19-3/h4-7H,8H2,1-3H3,(H2,15,16). The van der Waals surface area contributed by atoms with E-state index in [1.807, 2.05) is 24.3 Å². The molecule has 0 aliphatic rings. The molecule has 0 aliphatic carbocycles. The second-order valence-corrected chi connectivity index (χ2v) is 5.51. The summed E-state index contributed by atoms with van der Waals surface area (Å²) in [6.45, 7) is 2.30. The predicted octanol–water partition coefficient (Wildman–Crippen LogP) is 2.31. The molecule has 20 heavy (non-hydrogen) atoms. The molecule has 0 saturated heterocycles. The first-order valence-electron chi connectivity index (χ1n) is 6.12. The summed E-state index contributed by atoms with van der Waals surface area (Å²) in [5.74, 6) is 0.709. The Morgan fingerprint density at radius 3 is 2.85 bits per heavy atom. The molecule has 0 saturated carbocycles. The van der Waals surface area contributed by atoms with Gasteiger partial charge in [-0.25, -0.2) is 4.98 Å². The van der Waals surface area contributed by atoms with Crippen molar-refractivity contribution in [3.05, 3.63) is 40.4 Å². The van der Waals surface area contributed by atoms with Crippen molar-refractivity contribution < 1.29 is 9.53 Å². The van der Waals surface area contributed by atoms with Crippen LogP contribution in [0, 0.1) is 6.92 Å². The molecule has 0 unspecified atom stereocenters. The normalized spacial score (nSPS) is 10.3. The third-order valence-corrected chi connectivity index (χ3v) is 3.88. The third-order valence-electron chi connectivity index (χ3n) is 2.91. The van der Waals surface area contributed by atoms with Crippen LogP contribution in [0.1, 0.15) is 20.9 Å². The van der Waals surface area contributed by atoms with E-state index in [1.165, 1.54) is 11.3 Å². The Balaban J connectivity index is 2.13. The van der Waals surface area contributed by atoms with Crippen LogP contribution in [0.15, 0.2) is 24.3 Å². The molecule has 2 N–H and O–H groups in total. The van der Waals surface area contributed by atoms with Crippen molar-refractivity contribution in [2.24, 2.45) is 0 Å². The van der Waals surface area contributed by atoms with Gasteiger partial charge in [-0.2, -0.15) is 0 Å². The number of rotatable bonds is 4. The monoisotopic (exact) mass is 291 g/mol. The molecule has 0 spiro atoms. The Labute approximate surface area is 122 Å². The number of aromatic nitrogens is 1. The van der Waals surface area contributed by atoms with Gasteiger partial charge in [0.25, 0.3) is 5.91 Å². The molecule has 1 amide bonds. The molecular weight excluding hydrogens is 274 g/mol. The van der Waals surface area contributed by atoms with Gasteiger partial charge in [-0.3, -0.25) is 4.79 Å². The van der Waals surface area contributed by atoms with E-state index in [0.29, 0.717) is 22.2 Å². The minimum atomic E-state index is -0.0699. The molecule has 0 atom stereocenters. The highest BCUT2D eigenvalue weighted by Crippen LogP contribution is 2.22. The van der Waals surface area contributed by atoms with E-state index in [0.717, 1.165) is 11.3 Å². The van der Waals surface area contributed by atoms with Gasteiger partial charge in [0.05, 0.1) is 12.8 Å². The topological polar surface area (TPSA) is 68.5 Å². The van der Waals surface area contributed by atoms with Crippen molar-refractivity contribution in [2.75, 3.05) is 19.9 Å². The number of thiazole rings is 1.